The average molecular weight is 269 g/mol. The first-order valence-corrected chi connectivity index (χ1v) is 6.94. The van der Waals surface area contributed by atoms with Gasteiger partial charge in [-0.3, -0.25) is 0 Å². The van der Waals surface area contributed by atoms with E-state index in [-0.39, 0.29) is 0 Å². The summed E-state index contributed by atoms with van der Waals surface area (Å²) >= 11 is 0. The topological polar surface area (TPSA) is 23.8 Å². The Morgan fingerprint density at radius 1 is 0.714 bits per heavy atom. The van der Waals surface area contributed by atoms with Gasteiger partial charge in [-0.15, -0.1) is 0 Å². The summed E-state index contributed by atoms with van der Waals surface area (Å²) in [5.41, 5.74) is 6.64. The van der Waals surface area contributed by atoms with Gasteiger partial charge in [-0.05, 0) is 46.9 Å². The summed E-state index contributed by atoms with van der Waals surface area (Å²) in [5, 5.41) is 8.98. The molecule has 0 bridgehead atoms. The van der Waals surface area contributed by atoms with E-state index in [4.69, 9.17) is 5.26 Å². The van der Waals surface area contributed by atoms with Crippen LogP contribution in [-0.2, 0) is 0 Å². The van der Waals surface area contributed by atoms with Gasteiger partial charge >= 0.3 is 0 Å². The molecule has 0 fully saturated rings. The maximum absolute atomic E-state index is 8.98. The quantitative estimate of drug-likeness (QED) is 0.627. The minimum atomic E-state index is 0.690. The molecule has 0 radical (unpaired) electrons. The molecule has 0 amide bonds. The number of hydrogen-bond donors (Lipinski definition) is 0. The molecule has 0 aliphatic carbocycles. The van der Waals surface area contributed by atoms with Gasteiger partial charge in [0.1, 0.15) is 0 Å². The molecular formula is C20H15N. The lowest BCUT2D eigenvalue weighted by atomic mass is 9.97. The van der Waals surface area contributed by atoms with Gasteiger partial charge in [-0.2, -0.15) is 5.26 Å². The molecule has 0 spiro atoms. The number of rotatable bonds is 2. The number of nitrogens with zero attached hydrogens (tertiary/aromatic N) is 1. The van der Waals surface area contributed by atoms with Crippen LogP contribution in [0.15, 0.2) is 72.8 Å². The number of benzene rings is 3. The van der Waals surface area contributed by atoms with Crippen LogP contribution in [0.4, 0.5) is 0 Å². The fourth-order valence-electron chi connectivity index (χ4n) is 2.51. The first-order chi connectivity index (χ1) is 10.3. The predicted octanol–water partition coefficient (Wildman–Crippen LogP) is 5.20. The Morgan fingerprint density at radius 3 is 2.14 bits per heavy atom. The van der Waals surface area contributed by atoms with Crippen molar-refractivity contribution >= 4 is 0 Å². The minimum Gasteiger partial charge on any atom is -0.192 e. The SMILES string of the molecule is Cc1ccccc1-c1ccc(-c2cccc(C#N)c2)cc1. The zero-order valence-electron chi connectivity index (χ0n) is 11.9. The highest BCUT2D eigenvalue weighted by Crippen LogP contribution is 2.27. The van der Waals surface area contributed by atoms with Gasteiger partial charge in [0, 0.05) is 0 Å². The van der Waals surface area contributed by atoms with Crippen molar-refractivity contribution in [3.8, 4) is 28.3 Å². The van der Waals surface area contributed by atoms with Crippen LogP contribution in [0.25, 0.3) is 22.3 Å². The summed E-state index contributed by atoms with van der Waals surface area (Å²) in [4.78, 5) is 0. The van der Waals surface area contributed by atoms with Crippen molar-refractivity contribution in [3.05, 3.63) is 83.9 Å². The van der Waals surface area contributed by atoms with Gasteiger partial charge in [0.25, 0.3) is 0 Å². The highest BCUT2D eigenvalue weighted by Gasteiger charge is 2.03. The third-order valence-electron chi connectivity index (χ3n) is 3.67. The van der Waals surface area contributed by atoms with Crippen LogP contribution >= 0.6 is 0 Å². The summed E-state index contributed by atoms with van der Waals surface area (Å²) in [7, 11) is 0. The van der Waals surface area contributed by atoms with Crippen LogP contribution in [0.3, 0.4) is 0 Å². The van der Waals surface area contributed by atoms with Crippen LogP contribution in [0.2, 0.25) is 0 Å². The van der Waals surface area contributed by atoms with Crippen LogP contribution in [0.1, 0.15) is 11.1 Å². The average Bonchev–Trinajstić information content (AvgIpc) is 2.56. The number of hydrogen-bond acceptors (Lipinski definition) is 1. The lowest BCUT2D eigenvalue weighted by molar-refractivity contribution is 1.45. The van der Waals surface area contributed by atoms with E-state index in [2.05, 4.69) is 61.5 Å². The van der Waals surface area contributed by atoms with Crippen molar-refractivity contribution in [3.63, 3.8) is 0 Å². The molecule has 0 atom stereocenters. The second-order valence-electron chi connectivity index (χ2n) is 5.08. The Balaban J connectivity index is 1.98. The molecule has 0 unspecified atom stereocenters. The second kappa shape index (κ2) is 5.64. The van der Waals surface area contributed by atoms with Gasteiger partial charge in [0.2, 0.25) is 0 Å². The highest BCUT2D eigenvalue weighted by molar-refractivity contribution is 5.72. The Kier molecular flexibility index (Phi) is 3.53. The normalized spacial score (nSPS) is 10.1. The Hall–Kier alpha value is -2.85. The van der Waals surface area contributed by atoms with Crippen LogP contribution in [-0.4, -0.2) is 0 Å². The zero-order chi connectivity index (χ0) is 14.7. The molecule has 1 nitrogen and oxygen atoms in total. The Bertz CT molecular complexity index is 808. The fraction of sp³-hybridized carbons (Fsp3) is 0.0500. The summed E-state index contributed by atoms with van der Waals surface area (Å²) in [6, 6.07) is 26.7. The zero-order valence-corrected chi connectivity index (χ0v) is 11.9. The fourth-order valence-corrected chi connectivity index (χ4v) is 2.51. The molecule has 0 aliphatic heterocycles. The third-order valence-corrected chi connectivity index (χ3v) is 3.67. The molecule has 0 saturated heterocycles. The van der Waals surface area contributed by atoms with Crippen molar-refractivity contribution in [1.29, 1.82) is 5.26 Å². The molecule has 1 heteroatoms. The van der Waals surface area contributed by atoms with Crippen molar-refractivity contribution < 1.29 is 0 Å². The summed E-state index contributed by atoms with van der Waals surface area (Å²) < 4.78 is 0. The third kappa shape index (κ3) is 2.70. The summed E-state index contributed by atoms with van der Waals surface area (Å²) in [6.07, 6.45) is 0. The molecule has 0 saturated carbocycles. The van der Waals surface area contributed by atoms with E-state index < -0.39 is 0 Å². The van der Waals surface area contributed by atoms with E-state index in [9.17, 15) is 0 Å². The Morgan fingerprint density at radius 2 is 1.43 bits per heavy atom. The molecule has 100 valence electrons. The smallest absolute Gasteiger partial charge is 0.0991 e. The molecular weight excluding hydrogens is 254 g/mol. The summed E-state index contributed by atoms with van der Waals surface area (Å²) in [6.45, 7) is 2.12. The molecule has 3 aromatic carbocycles. The van der Waals surface area contributed by atoms with Gasteiger partial charge < -0.3 is 0 Å². The number of nitriles is 1. The monoisotopic (exact) mass is 269 g/mol. The molecule has 0 heterocycles. The van der Waals surface area contributed by atoms with Crippen molar-refractivity contribution in [2.45, 2.75) is 6.92 Å². The van der Waals surface area contributed by atoms with Crippen molar-refractivity contribution in [1.82, 2.24) is 0 Å². The first kappa shape index (κ1) is 13.1. The Labute approximate surface area is 125 Å². The highest BCUT2D eigenvalue weighted by atomic mass is 14.2. The van der Waals surface area contributed by atoms with Crippen LogP contribution in [0, 0.1) is 18.3 Å². The van der Waals surface area contributed by atoms with Gasteiger partial charge in [-0.25, -0.2) is 0 Å². The maximum atomic E-state index is 8.98. The van der Waals surface area contributed by atoms with Crippen LogP contribution in [0.5, 0.6) is 0 Å². The lowest BCUT2D eigenvalue weighted by Crippen LogP contribution is -1.84. The summed E-state index contributed by atoms with van der Waals surface area (Å²) in [5.74, 6) is 0. The van der Waals surface area contributed by atoms with E-state index in [0.29, 0.717) is 5.56 Å². The standard InChI is InChI=1S/C20H15N/c1-15-5-2-3-8-20(15)18-11-9-17(10-12-18)19-7-4-6-16(13-19)14-21/h2-13H,1H3. The lowest BCUT2D eigenvalue weighted by Gasteiger charge is -2.07. The maximum Gasteiger partial charge on any atom is 0.0991 e. The molecule has 21 heavy (non-hydrogen) atoms. The van der Waals surface area contributed by atoms with Crippen molar-refractivity contribution in [2.24, 2.45) is 0 Å². The van der Waals surface area contributed by atoms with Gasteiger partial charge in [-0.1, -0.05) is 60.7 Å². The van der Waals surface area contributed by atoms with Crippen LogP contribution < -0.4 is 0 Å². The second-order valence-corrected chi connectivity index (χ2v) is 5.08. The van der Waals surface area contributed by atoms with E-state index in [1.165, 1.54) is 16.7 Å². The molecule has 0 aliphatic rings. The molecule has 0 N–H and O–H groups in total. The van der Waals surface area contributed by atoms with E-state index in [1.54, 1.807) is 0 Å². The van der Waals surface area contributed by atoms with Gasteiger partial charge in [0.05, 0.1) is 11.6 Å². The van der Waals surface area contributed by atoms with Gasteiger partial charge in [0.15, 0.2) is 0 Å². The minimum absolute atomic E-state index is 0.690. The van der Waals surface area contributed by atoms with E-state index in [1.807, 2.05) is 24.3 Å². The van der Waals surface area contributed by atoms with E-state index >= 15 is 0 Å². The van der Waals surface area contributed by atoms with Crippen molar-refractivity contribution in [2.75, 3.05) is 0 Å². The molecule has 3 aromatic rings. The molecule has 0 aromatic heterocycles. The molecule has 3 rings (SSSR count). The largest absolute Gasteiger partial charge is 0.192 e. The number of aryl methyl sites for hydroxylation is 1. The van der Waals surface area contributed by atoms with E-state index in [0.717, 1.165) is 11.1 Å². The first-order valence-electron chi connectivity index (χ1n) is 6.94. The predicted molar refractivity (Wildman–Crippen MR) is 86.8 cm³/mol.